The Hall–Kier alpha value is -0.710. The first-order valence-corrected chi connectivity index (χ1v) is 7.78. The van der Waals surface area contributed by atoms with E-state index in [-0.39, 0.29) is 0 Å². The van der Waals surface area contributed by atoms with Crippen LogP contribution in [0, 0.1) is 0 Å². The Morgan fingerprint density at radius 3 is 3.00 bits per heavy atom. The van der Waals surface area contributed by atoms with Gasteiger partial charge in [0.25, 0.3) is 0 Å². The first-order chi connectivity index (χ1) is 8.69. The Morgan fingerprint density at radius 1 is 1.44 bits per heavy atom. The topological polar surface area (TPSA) is 24.9 Å². The summed E-state index contributed by atoms with van der Waals surface area (Å²) in [7, 11) is 0. The van der Waals surface area contributed by atoms with Crippen LogP contribution in [-0.2, 0) is 6.42 Å². The highest BCUT2D eigenvalue weighted by Gasteiger charge is 2.09. The summed E-state index contributed by atoms with van der Waals surface area (Å²) in [5.74, 6) is 0. The van der Waals surface area contributed by atoms with Gasteiger partial charge in [-0.1, -0.05) is 35.0 Å². The smallest absolute Gasteiger partial charge is 0.0972 e. The number of benzene rings is 1. The summed E-state index contributed by atoms with van der Waals surface area (Å²) in [5.41, 5.74) is 2.44. The number of thiazole rings is 1. The first kappa shape index (κ1) is 13.7. The van der Waals surface area contributed by atoms with Crippen molar-refractivity contribution >= 4 is 27.3 Å². The second-order valence-corrected chi connectivity index (χ2v) is 6.11. The van der Waals surface area contributed by atoms with Gasteiger partial charge in [-0.25, -0.2) is 4.98 Å². The SMILES string of the molecule is CCNC(C)c1csc(Cc2cccc(Br)c2)n1. The van der Waals surface area contributed by atoms with Crippen LogP contribution in [0.5, 0.6) is 0 Å². The molecule has 0 saturated heterocycles. The van der Waals surface area contributed by atoms with Crippen molar-refractivity contribution in [2.24, 2.45) is 0 Å². The maximum absolute atomic E-state index is 4.69. The molecule has 0 spiro atoms. The predicted molar refractivity (Wildman–Crippen MR) is 81.2 cm³/mol. The van der Waals surface area contributed by atoms with Gasteiger partial charge >= 0.3 is 0 Å². The van der Waals surface area contributed by atoms with Gasteiger partial charge in [-0.05, 0) is 31.2 Å². The Bertz CT molecular complexity index is 510. The number of hydrogen-bond acceptors (Lipinski definition) is 3. The van der Waals surface area contributed by atoms with E-state index in [1.807, 2.05) is 6.07 Å². The second kappa shape index (κ2) is 6.45. The highest BCUT2D eigenvalue weighted by Crippen LogP contribution is 2.20. The van der Waals surface area contributed by atoms with E-state index in [1.54, 1.807) is 11.3 Å². The molecule has 1 atom stereocenters. The van der Waals surface area contributed by atoms with Gasteiger partial charge in [-0.15, -0.1) is 11.3 Å². The monoisotopic (exact) mass is 324 g/mol. The predicted octanol–water partition coefficient (Wildman–Crippen LogP) is 4.17. The highest BCUT2D eigenvalue weighted by atomic mass is 79.9. The van der Waals surface area contributed by atoms with Gasteiger partial charge in [0, 0.05) is 22.3 Å². The van der Waals surface area contributed by atoms with Gasteiger partial charge in [-0.3, -0.25) is 0 Å². The summed E-state index contributed by atoms with van der Waals surface area (Å²) < 4.78 is 1.12. The summed E-state index contributed by atoms with van der Waals surface area (Å²) in [6.45, 7) is 5.24. The average Bonchev–Trinajstić information content (AvgIpc) is 2.78. The molecule has 4 heteroatoms. The Morgan fingerprint density at radius 2 is 2.28 bits per heavy atom. The van der Waals surface area contributed by atoms with Crippen molar-refractivity contribution in [1.29, 1.82) is 0 Å². The molecule has 2 aromatic rings. The third-order valence-corrected chi connectivity index (χ3v) is 4.13. The molecule has 1 aromatic carbocycles. The third-order valence-electron chi connectivity index (χ3n) is 2.77. The lowest BCUT2D eigenvalue weighted by molar-refractivity contribution is 0.585. The zero-order chi connectivity index (χ0) is 13.0. The van der Waals surface area contributed by atoms with Crippen LogP contribution in [0.3, 0.4) is 0 Å². The van der Waals surface area contributed by atoms with Crippen molar-refractivity contribution in [3.63, 3.8) is 0 Å². The van der Waals surface area contributed by atoms with E-state index in [2.05, 4.69) is 58.7 Å². The van der Waals surface area contributed by atoms with E-state index in [9.17, 15) is 0 Å². The van der Waals surface area contributed by atoms with E-state index in [1.165, 1.54) is 10.6 Å². The minimum Gasteiger partial charge on any atom is -0.309 e. The van der Waals surface area contributed by atoms with Gasteiger partial charge in [0.2, 0.25) is 0 Å². The third kappa shape index (κ3) is 3.64. The van der Waals surface area contributed by atoms with Gasteiger partial charge < -0.3 is 5.32 Å². The molecule has 0 aliphatic carbocycles. The lowest BCUT2D eigenvalue weighted by atomic mass is 10.2. The number of halogens is 1. The standard InChI is InChI=1S/C14H17BrN2S/c1-3-16-10(2)13-9-18-14(17-13)8-11-5-4-6-12(15)7-11/h4-7,9-10,16H,3,8H2,1-2H3. The molecule has 1 aromatic heterocycles. The molecule has 2 rings (SSSR count). The van der Waals surface area contributed by atoms with Crippen LogP contribution >= 0.6 is 27.3 Å². The van der Waals surface area contributed by atoms with Crippen LogP contribution in [0.2, 0.25) is 0 Å². The second-order valence-electron chi connectivity index (χ2n) is 4.25. The van der Waals surface area contributed by atoms with Crippen LogP contribution in [0.4, 0.5) is 0 Å². The quantitative estimate of drug-likeness (QED) is 0.892. The van der Waals surface area contributed by atoms with Crippen molar-refractivity contribution in [2.45, 2.75) is 26.3 Å². The van der Waals surface area contributed by atoms with E-state index in [0.29, 0.717) is 6.04 Å². The van der Waals surface area contributed by atoms with Gasteiger partial charge in [0.1, 0.15) is 0 Å². The molecule has 1 heterocycles. The van der Waals surface area contributed by atoms with Crippen LogP contribution < -0.4 is 5.32 Å². The molecular formula is C14H17BrN2S. The highest BCUT2D eigenvalue weighted by molar-refractivity contribution is 9.10. The molecule has 0 saturated carbocycles. The van der Waals surface area contributed by atoms with E-state index < -0.39 is 0 Å². The van der Waals surface area contributed by atoms with Crippen LogP contribution in [-0.4, -0.2) is 11.5 Å². The summed E-state index contributed by atoms with van der Waals surface area (Å²) >= 11 is 5.24. The number of rotatable bonds is 5. The van der Waals surface area contributed by atoms with E-state index in [4.69, 9.17) is 4.98 Å². The van der Waals surface area contributed by atoms with Gasteiger partial charge in [-0.2, -0.15) is 0 Å². The first-order valence-electron chi connectivity index (χ1n) is 6.11. The maximum Gasteiger partial charge on any atom is 0.0972 e. The summed E-state index contributed by atoms with van der Waals surface area (Å²) in [4.78, 5) is 4.69. The molecule has 0 bridgehead atoms. The minimum atomic E-state index is 0.336. The van der Waals surface area contributed by atoms with Crippen LogP contribution in [0.1, 0.15) is 36.2 Å². The Labute approximate surface area is 121 Å². The molecule has 0 amide bonds. The maximum atomic E-state index is 4.69. The van der Waals surface area contributed by atoms with E-state index in [0.717, 1.165) is 23.1 Å². The van der Waals surface area contributed by atoms with Gasteiger partial charge in [0.05, 0.1) is 10.7 Å². The molecule has 0 aliphatic rings. The minimum absolute atomic E-state index is 0.336. The summed E-state index contributed by atoms with van der Waals surface area (Å²) in [6, 6.07) is 8.73. The average molecular weight is 325 g/mol. The molecule has 0 radical (unpaired) electrons. The lowest BCUT2D eigenvalue weighted by Crippen LogP contribution is -2.17. The fourth-order valence-electron chi connectivity index (χ4n) is 1.84. The van der Waals surface area contributed by atoms with Crippen molar-refractivity contribution < 1.29 is 0 Å². The normalized spacial score (nSPS) is 12.6. The fourth-order valence-corrected chi connectivity index (χ4v) is 3.21. The van der Waals surface area contributed by atoms with Crippen LogP contribution in [0.25, 0.3) is 0 Å². The Kier molecular flexibility index (Phi) is 4.92. The molecular weight excluding hydrogens is 308 g/mol. The number of aromatic nitrogens is 1. The van der Waals surface area contributed by atoms with Gasteiger partial charge in [0.15, 0.2) is 0 Å². The van der Waals surface area contributed by atoms with Crippen molar-refractivity contribution in [1.82, 2.24) is 10.3 Å². The lowest BCUT2D eigenvalue weighted by Gasteiger charge is -2.08. The van der Waals surface area contributed by atoms with Crippen molar-refractivity contribution in [3.05, 3.63) is 50.4 Å². The summed E-state index contributed by atoms with van der Waals surface area (Å²) in [5, 5.41) is 6.71. The molecule has 2 nitrogen and oxygen atoms in total. The molecule has 1 unspecified atom stereocenters. The molecule has 1 N–H and O–H groups in total. The largest absolute Gasteiger partial charge is 0.309 e. The molecule has 0 fully saturated rings. The number of hydrogen-bond donors (Lipinski definition) is 1. The summed E-state index contributed by atoms with van der Waals surface area (Å²) in [6.07, 6.45) is 0.906. The molecule has 96 valence electrons. The van der Waals surface area contributed by atoms with E-state index >= 15 is 0 Å². The number of nitrogens with zero attached hydrogens (tertiary/aromatic N) is 1. The molecule has 18 heavy (non-hydrogen) atoms. The van der Waals surface area contributed by atoms with Crippen molar-refractivity contribution in [3.8, 4) is 0 Å². The molecule has 0 aliphatic heterocycles. The fraction of sp³-hybridized carbons (Fsp3) is 0.357. The Balaban J connectivity index is 2.06. The van der Waals surface area contributed by atoms with Crippen molar-refractivity contribution in [2.75, 3.05) is 6.54 Å². The zero-order valence-corrected chi connectivity index (χ0v) is 13.0. The zero-order valence-electron chi connectivity index (χ0n) is 10.6. The van der Waals surface area contributed by atoms with Crippen LogP contribution in [0.15, 0.2) is 34.1 Å². The number of nitrogens with one attached hydrogen (secondary N) is 1.